The second kappa shape index (κ2) is 8.37. The topological polar surface area (TPSA) is 35.9 Å². The molecule has 2 aromatic rings. The summed E-state index contributed by atoms with van der Waals surface area (Å²) >= 11 is 0. The summed E-state index contributed by atoms with van der Waals surface area (Å²) in [7, 11) is 0. The molecule has 1 saturated heterocycles. The molecule has 0 spiro atoms. The summed E-state index contributed by atoms with van der Waals surface area (Å²) in [5, 5.41) is 10.3. The first kappa shape index (κ1) is 17.8. The summed E-state index contributed by atoms with van der Waals surface area (Å²) in [4.78, 5) is 4.73. The van der Waals surface area contributed by atoms with Crippen LogP contribution in [-0.2, 0) is 0 Å². The van der Waals surface area contributed by atoms with Crippen molar-refractivity contribution in [1.29, 1.82) is 0 Å². The van der Waals surface area contributed by atoms with Crippen LogP contribution in [0.2, 0.25) is 0 Å². The summed E-state index contributed by atoms with van der Waals surface area (Å²) in [6, 6.07) is 16.6. The number of ether oxygens (including phenoxy) is 1. The van der Waals surface area contributed by atoms with E-state index in [0.717, 1.165) is 31.9 Å². The largest absolute Gasteiger partial charge is 0.491 e. The fraction of sp³-hybridized carbons (Fsp3) is 0.429. The van der Waals surface area contributed by atoms with Gasteiger partial charge in [-0.05, 0) is 43.7 Å². The number of hydrogen-bond donors (Lipinski definition) is 1. The summed E-state index contributed by atoms with van der Waals surface area (Å²) in [6.07, 6.45) is -0.466. The van der Waals surface area contributed by atoms with Crippen molar-refractivity contribution in [3.63, 3.8) is 0 Å². The van der Waals surface area contributed by atoms with E-state index in [1.807, 2.05) is 24.3 Å². The van der Waals surface area contributed by atoms with Crippen LogP contribution in [0.5, 0.6) is 5.75 Å². The summed E-state index contributed by atoms with van der Waals surface area (Å²) in [6.45, 7) is 9.10. The Labute approximate surface area is 150 Å². The van der Waals surface area contributed by atoms with Crippen molar-refractivity contribution in [1.82, 2.24) is 4.90 Å². The van der Waals surface area contributed by atoms with E-state index in [2.05, 4.69) is 47.9 Å². The minimum Gasteiger partial charge on any atom is -0.491 e. The molecule has 1 unspecified atom stereocenters. The molecule has 1 aliphatic heterocycles. The number of aliphatic hydroxyl groups is 1. The second-order valence-corrected chi connectivity index (χ2v) is 6.90. The monoisotopic (exact) mass is 340 g/mol. The Morgan fingerprint density at radius 2 is 1.68 bits per heavy atom. The molecular weight excluding hydrogens is 312 g/mol. The maximum atomic E-state index is 10.3. The van der Waals surface area contributed by atoms with Gasteiger partial charge in [-0.2, -0.15) is 0 Å². The average molecular weight is 340 g/mol. The molecule has 1 fully saturated rings. The van der Waals surface area contributed by atoms with Crippen molar-refractivity contribution >= 4 is 5.69 Å². The third-order valence-corrected chi connectivity index (χ3v) is 4.67. The number of aliphatic hydroxyl groups excluding tert-OH is 1. The van der Waals surface area contributed by atoms with E-state index in [9.17, 15) is 5.11 Å². The van der Waals surface area contributed by atoms with Gasteiger partial charge < -0.3 is 14.7 Å². The molecule has 0 aromatic heterocycles. The van der Waals surface area contributed by atoms with Gasteiger partial charge in [-0.1, -0.05) is 29.8 Å². The number of rotatable bonds is 6. The van der Waals surface area contributed by atoms with Gasteiger partial charge in [0, 0.05) is 38.4 Å². The van der Waals surface area contributed by atoms with Gasteiger partial charge in [-0.25, -0.2) is 0 Å². The van der Waals surface area contributed by atoms with E-state index >= 15 is 0 Å². The fourth-order valence-electron chi connectivity index (χ4n) is 3.19. The summed E-state index contributed by atoms with van der Waals surface area (Å²) in [5.41, 5.74) is 3.80. The lowest BCUT2D eigenvalue weighted by Crippen LogP contribution is -2.49. The highest BCUT2D eigenvalue weighted by atomic mass is 16.5. The minimum atomic E-state index is -0.466. The van der Waals surface area contributed by atoms with Crippen LogP contribution in [0, 0.1) is 13.8 Å². The van der Waals surface area contributed by atoms with Gasteiger partial charge in [0.2, 0.25) is 0 Å². The van der Waals surface area contributed by atoms with E-state index in [4.69, 9.17) is 4.74 Å². The number of anilines is 1. The van der Waals surface area contributed by atoms with E-state index in [1.165, 1.54) is 16.8 Å². The van der Waals surface area contributed by atoms with Crippen LogP contribution >= 0.6 is 0 Å². The molecule has 0 radical (unpaired) electrons. The quantitative estimate of drug-likeness (QED) is 0.877. The van der Waals surface area contributed by atoms with Gasteiger partial charge >= 0.3 is 0 Å². The van der Waals surface area contributed by atoms with Crippen molar-refractivity contribution in [3.8, 4) is 5.75 Å². The van der Waals surface area contributed by atoms with E-state index in [0.29, 0.717) is 13.2 Å². The molecule has 2 aromatic carbocycles. The van der Waals surface area contributed by atoms with Gasteiger partial charge in [0.15, 0.2) is 0 Å². The molecule has 1 heterocycles. The third-order valence-electron chi connectivity index (χ3n) is 4.67. The zero-order valence-electron chi connectivity index (χ0n) is 15.2. The number of β-amino-alcohol motifs (C(OH)–C–C–N with tert-alkyl or cyclic N) is 1. The Hall–Kier alpha value is -2.04. The summed E-state index contributed by atoms with van der Waals surface area (Å²) < 4.78 is 5.68. The van der Waals surface area contributed by atoms with Crippen LogP contribution in [0.3, 0.4) is 0 Å². The Balaban J connectivity index is 1.41. The van der Waals surface area contributed by atoms with E-state index in [-0.39, 0.29) is 0 Å². The normalized spacial score (nSPS) is 16.7. The highest BCUT2D eigenvalue weighted by molar-refractivity contribution is 5.48. The molecule has 1 N–H and O–H groups in total. The van der Waals surface area contributed by atoms with Crippen LogP contribution in [0.1, 0.15) is 11.1 Å². The van der Waals surface area contributed by atoms with Crippen LogP contribution in [0.15, 0.2) is 48.5 Å². The first-order valence-electron chi connectivity index (χ1n) is 9.01. The Morgan fingerprint density at radius 3 is 2.36 bits per heavy atom. The average Bonchev–Trinajstić information content (AvgIpc) is 2.62. The zero-order valence-corrected chi connectivity index (χ0v) is 15.2. The van der Waals surface area contributed by atoms with Gasteiger partial charge in [0.05, 0.1) is 0 Å². The third kappa shape index (κ3) is 5.21. The maximum absolute atomic E-state index is 10.3. The van der Waals surface area contributed by atoms with Gasteiger partial charge in [0.1, 0.15) is 18.5 Å². The smallest absolute Gasteiger partial charge is 0.119 e. The van der Waals surface area contributed by atoms with Crippen LogP contribution in [-0.4, -0.2) is 55.4 Å². The highest BCUT2D eigenvalue weighted by Crippen LogP contribution is 2.18. The van der Waals surface area contributed by atoms with Gasteiger partial charge in [0.25, 0.3) is 0 Å². The van der Waals surface area contributed by atoms with E-state index < -0.39 is 6.10 Å². The molecule has 0 saturated carbocycles. The molecule has 1 aliphatic rings. The van der Waals surface area contributed by atoms with Crippen molar-refractivity contribution in [2.24, 2.45) is 0 Å². The molecule has 134 valence electrons. The second-order valence-electron chi connectivity index (χ2n) is 6.90. The number of nitrogens with zero attached hydrogens (tertiary/aromatic N) is 2. The Kier molecular flexibility index (Phi) is 5.95. The lowest BCUT2D eigenvalue weighted by molar-refractivity contribution is 0.0663. The Bertz CT molecular complexity index is 664. The fourth-order valence-corrected chi connectivity index (χ4v) is 3.19. The van der Waals surface area contributed by atoms with Gasteiger partial charge in [-0.3, -0.25) is 4.90 Å². The number of hydrogen-bond acceptors (Lipinski definition) is 4. The van der Waals surface area contributed by atoms with Crippen molar-refractivity contribution in [2.75, 3.05) is 44.2 Å². The molecule has 0 amide bonds. The maximum Gasteiger partial charge on any atom is 0.119 e. The van der Waals surface area contributed by atoms with Crippen LogP contribution < -0.4 is 9.64 Å². The molecule has 4 nitrogen and oxygen atoms in total. The predicted molar refractivity (Wildman–Crippen MR) is 103 cm³/mol. The lowest BCUT2D eigenvalue weighted by atomic mass is 10.2. The molecule has 0 bridgehead atoms. The van der Waals surface area contributed by atoms with Gasteiger partial charge in [-0.15, -0.1) is 0 Å². The SMILES string of the molecule is Cc1ccc(OCC(O)CN2CCN(c3cccc(C)c3)CC2)cc1. The van der Waals surface area contributed by atoms with Crippen molar-refractivity contribution in [3.05, 3.63) is 59.7 Å². The Morgan fingerprint density at radius 1 is 0.960 bits per heavy atom. The predicted octanol–water partition coefficient (Wildman–Crippen LogP) is 2.87. The number of piperazine rings is 1. The standard InChI is InChI=1S/C21H28N2O2/c1-17-6-8-21(9-7-17)25-16-20(24)15-22-10-12-23(13-11-22)19-5-3-4-18(2)14-19/h3-9,14,20,24H,10-13,15-16H2,1-2H3. The molecule has 3 rings (SSSR count). The lowest BCUT2D eigenvalue weighted by Gasteiger charge is -2.37. The number of aryl methyl sites for hydroxylation is 2. The first-order chi connectivity index (χ1) is 12.1. The molecule has 4 heteroatoms. The first-order valence-corrected chi connectivity index (χ1v) is 9.01. The molecule has 1 atom stereocenters. The number of benzene rings is 2. The van der Waals surface area contributed by atoms with E-state index in [1.54, 1.807) is 0 Å². The van der Waals surface area contributed by atoms with Crippen LogP contribution in [0.25, 0.3) is 0 Å². The molecule has 25 heavy (non-hydrogen) atoms. The molecule has 0 aliphatic carbocycles. The van der Waals surface area contributed by atoms with Crippen LogP contribution in [0.4, 0.5) is 5.69 Å². The highest BCUT2D eigenvalue weighted by Gasteiger charge is 2.19. The van der Waals surface area contributed by atoms with Crippen molar-refractivity contribution < 1.29 is 9.84 Å². The summed E-state index contributed by atoms with van der Waals surface area (Å²) in [5.74, 6) is 0.814. The van der Waals surface area contributed by atoms with Crippen molar-refractivity contribution in [2.45, 2.75) is 20.0 Å². The minimum absolute atomic E-state index is 0.334. The zero-order chi connectivity index (χ0) is 17.6. The molecular formula is C21H28N2O2.